The summed E-state index contributed by atoms with van der Waals surface area (Å²) in [6.45, 7) is 11.1. The van der Waals surface area contributed by atoms with Crippen LogP contribution in [-0.4, -0.2) is 42.7 Å². The van der Waals surface area contributed by atoms with Crippen molar-refractivity contribution in [2.75, 3.05) is 27.3 Å². The van der Waals surface area contributed by atoms with Crippen LogP contribution in [0.25, 0.3) is 6.08 Å². The molecule has 1 aliphatic heterocycles. The predicted molar refractivity (Wildman–Crippen MR) is 152 cm³/mol. The van der Waals surface area contributed by atoms with Crippen LogP contribution >= 0.6 is 11.3 Å². The van der Waals surface area contributed by atoms with Gasteiger partial charge in [0.25, 0.3) is 11.5 Å². The molecule has 2 aromatic carbocycles. The summed E-state index contributed by atoms with van der Waals surface area (Å²) in [6, 6.07) is 12.9. The first-order chi connectivity index (χ1) is 18.2. The van der Waals surface area contributed by atoms with Crippen molar-refractivity contribution in [3.05, 3.63) is 90.1 Å². The number of aromatic nitrogens is 1. The van der Waals surface area contributed by atoms with Crippen LogP contribution in [0.5, 0.6) is 11.5 Å². The molecule has 0 radical (unpaired) electrons. The van der Waals surface area contributed by atoms with E-state index in [1.807, 2.05) is 45.0 Å². The van der Waals surface area contributed by atoms with Crippen LogP contribution in [0.15, 0.2) is 63.5 Å². The Kier molecular flexibility index (Phi) is 8.21. The number of hydrogen-bond acceptors (Lipinski definition) is 6. The average molecular weight is 534 g/mol. The van der Waals surface area contributed by atoms with E-state index in [2.05, 4.69) is 26.0 Å². The van der Waals surface area contributed by atoms with Crippen molar-refractivity contribution in [2.45, 2.75) is 46.6 Å². The zero-order valence-corrected chi connectivity index (χ0v) is 23.9. The number of amides is 1. The molecule has 0 saturated heterocycles. The number of thiazole rings is 1. The van der Waals surface area contributed by atoms with Crippen molar-refractivity contribution in [1.29, 1.82) is 0 Å². The van der Waals surface area contributed by atoms with Gasteiger partial charge in [-0.3, -0.25) is 14.2 Å². The first-order valence-corrected chi connectivity index (χ1v) is 13.7. The fourth-order valence-corrected chi connectivity index (χ4v) is 5.80. The molecule has 0 saturated carbocycles. The summed E-state index contributed by atoms with van der Waals surface area (Å²) in [7, 11) is 3.17. The van der Waals surface area contributed by atoms with Gasteiger partial charge >= 0.3 is 0 Å². The van der Waals surface area contributed by atoms with Gasteiger partial charge in [-0.1, -0.05) is 49.4 Å². The lowest BCUT2D eigenvalue weighted by Crippen LogP contribution is -2.43. The number of likely N-dealkylation sites (N-methyl/N-ethyl adjacent to an activating group) is 1. The van der Waals surface area contributed by atoms with E-state index in [9.17, 15) is 9.59 Å². The molecule has 0 aliphatic carbocycles. The maximum absolute atomic E-state index is 14.0. The Hall–Kier alpha value is -3.65. The minimum atomic E-state index is -0.713. The molecular formula is C30H35N3O4S. The van der Waals surface area contributed by atoms with Gasteiger partial charge in [0.05, 0.1) is 30.0 Å². The van der Waals surface area contributed by atoms with E-state index >= 15 is 0 Å². The van der Waals surface area contributed by atoms with E-state index in [0.29, 0.717) is 56.7 Å². The summed E-state index contributed by atoms with van der Waals surface area (Å²) in [5.74, 6) is 1.45. The highest BCUT2D eigenvalue weighted by atomic mass is 32.1. The Bertz CT molecular complexity index is 1540. The minimum absolute atomic E-state index is 0.148. The minimum Gasteiger partial charge on any atom is -0.497 e. The van der Waals surface area contributed by atoms with Crippen molar-refractivity contribution < 1.29 is 14.3 Å². The number of ether oxygens (including phenoxy) is 2. The molecule has 1 aliphatic rings. The van der Waals surface area contributed by atoms with E-state index < -0.39 is 6.04 Å². The molecule has 200 valence electrons. The van der Waals surface area contributed by atoms with Crippen LogP contribution in [0.2, 0.25) is 0 Å². The maximum atomic E-state index is 14.0. The van der Waals surface area contributed by atoms with E-state index in [1.54, 1.807) is 35.8 Å². The second kappa shape index (κ2) is 11.4. The summed E-state index contributed by atoms with van der Waals surface area (Å²) in [4.78, 5) is 34.9. The highest BCUT2D eigenvalue weighted by Crippen LogP contribution is 2.38. The largest absolute Gasteiger partial charge is 0.497 e. The number of benzene rings is 2. The van der Waals surface area contributed by atoms with E-state index in [4.69, 9.17) is 14.5 Å². The Morgan fingerprint density at radius 2 is 1.79 bits per heavy atom. The summed E-state index contributed by atoms with van der Waals surface area (Å²) in [6.07, 6.45) is 1.89. The Balaban J connectivity index is 1.98. The number of nitrogens with zero attached hydrogens (tertiary/aromatic N) is 3. The number of fused-ring (bicyclic) bond motifs is 1. The van der Waals surface area contributed by atoms with E-state index in [0.717, 1.165) is 5.56 Å². The molecule has 38 heavy (non-hydrogen) atoms. The van der Waals surface area contributed by atoms with Gasteiger partial charge in [-0.05, 0) is 62.1 Å². The molecule has 3 aromatic rings. The van der Waals surface area contributed by atoms with Gasteiger partial charge < -0.3 is 14.4 Å². The summed E-state index contributed by atoms with van der Waals surface area (Å²) < 4.78 is 13.4. The number of allylic oxidation sites excluding steroid dienone is 1. The van der Waals surface area contributed by atoms with Crippen molar-refractivity contribution >= 4 is 23.3 Å². The summed E-state index contributed by atoms with van der Waals surface area (Å²) >= 11 is 1.32. The first kappa shape index (κ1) is 27.4. The first-order valence-electron chi connectivity index (χ1n) is 12.9. The molecule has 0 unspecified atom stereocenters. The number of methoxy groups -OCH3 is 2. The summed E-state index contributed by atoms with van der Waals surface area (Å²) in [5, 5.41) is 0. The zero-order chi connectivity index (χ0) is 27.6. The van der Waals surface area contributed by atoms with Crippen molar-refractivity contribution in [3.63, 3.8) is 0 Å². The monoisotopic (exact) mass is 533 g/mol. The topological polar surface area (TPSA) is 73.1 Å². The van der Waals surface area contributed by atoms with Crippen molar-refractivity contribution in [2.24, 2.45) is 4.99 Å². The number of hydrogen-bond donors (Lipinski definition) is 0. The van der Waals surface area contributed by atoms with Crippen LogP contribution in [0, 0.1) is 0 Å². The second-order valence-corrected chi connectivity index (χ2v) is 10.5. The van der Waals surface area contributed by atoms with Crippen LogP contribution in [0.3, 0.4) is 0 Å². The molecule has 0 spiro atoms. The van der Waals surface area contributed by atoms with Crippen LogP contribution < -0.4 is 24.4 Å². The normalized spacial score (nSPS) is 15.4. The SMILES string of the molecule is CCN(CC)C(=O)C1=C(C)N=c2s/c(=C/c3ccc(C(C)C)cc3)c(=O)n2[C@H]1c1cc(OC)ccc1OC. The third kappa shape index (κ3) is 5.05. The number of carbonyl (C=O) groups excluding carboxylic acids is 1. The Morgan fingerprint density at radius 3 is 2.37 bits per heavy atom. The fraction of sp³-hybridized carbons (Fsp3) is 0.367. The lowest BCUT2D eigenvalue weighted by molar-refractivity contribution is -0.127. The second-order valence-electron chi connectivity index (χ2n) is 9.49. The number of carbonyl (C=O) groups is 1. The molecule has 4 rings (SSSR count). The average Bonchev–Trinajstić information content (AvgIpc) is 3.22. The van der Waals surface area contributed by atoms with Gasteiger partial charge in [-0.25, -0.2) is 4.99 Å². The van der Waals surface area contributed by atoms with Crippen molar-refractivity contribution in [3.8, 4) is 11.5 Å². The van der Waals surface area contributed by atoms with Crippen LogP contribution in [-0.2, 0) is 4.79 Å². The molecule has 1 atom stereocenters. The van der Waals surface area contributed by atoms with Gasteiger partial charge in [0.1, 0.15) is 17.5 Å². The van der Waals surface area contributed by atoms with Gasteiger partial charge in [-0.15, -0.1) is 0 Å². The molecule has 1 amide bonds. The van der Waals surface area contributed by atoms with Crippen LogP contribution in [0.1, 0.15) is 63.3 Å². The van der Waals surface area contributed by atoms with Crippen LogP contribution in [0.4, 0.5) is 0 Å². The molecule has 0 bridgehead atoms. The van der Waals surface area contributed by atoms with E-state index in [-0.39, 0.29) is 11.5 Å². The van der Waals surface area contributed by atoms with E-state index in [1.165, 1.54) is 16.9 Å². The third-order valence-corrected chi connectivity index (χ3v) is 7.92. The quantitative estimate of drug-likeness (QED) is 0.434. The molecular weight excluding hydrogens is 498 g/mol. The number of rotatable bonds is 8. The molecule has 8 heteroatoms. The highest BCUT2D eigenvalue weighted by molar-refractivity contribution is 7.07. The summed E-state index contributed by atoms with van der Waals surface area (Å²) in [5.41, 5.74) is 3.69. The lowest BCUT2D eigenvalue weighted by Gasteiger charge is -2.30. The van der Waals surface area contributed by atoms with Gasteiger partial charge in [0.2, 0.25) is 0 Å². The standard InChI is InChI=1S/C30H35N3O4S/c1-8-32(9-2)29(35)26-19(5)31-30-33(27(26)23-17-22(36-6)14-15-24(23)37-7)28(34)25(38-30)16-20-10-12-21(13-11-20)18(3)4/h10-18,27H,8-9H2,1-7H3/b25-16+/t27-/m0/s1. The van der Waals surface area contributed by atoms with Gasteiger partial charge in [-0.2, -0.15) is 0 Å². The molecule has 7 nitrogen and oxygen atoms in total. The fourth-order valence-electron chi connectivity index (χ4n) is 4.75. The molecule has 2 heterocycles. The van der Waals surface area contributed by atoms with Crippen molar-refractivity contribution in [1.82, 2.24) is 9.47 Å². The zero-order valence-electron chi connectivity index (χ0n) is 23.1. The molecule has 0 N–H and O–H groups in total. The smallest absolute Gasteiger partial charge is 0.271 e. The predicted octanol–water partition coefficient (Wildman–Crippen LogP) is 4.24. The highest BCUT2D eigenvalue weighted by Gasteiger charge is 2.36. The van der Waals surface area contributed by atoms with Gasteiger partial charge in [0, 0.05) is 18.7 Å². The maximum Gasteiger partial charge on any atom is 0.271 e. The molecule has 0 fully saturated rings. The lowest BCUT2D eigenvalue weighted by atomic mass is 9.93. The molecule has 1 aromatic heterocycles. The Morgan fingerprint density at radius 1 is 1.11 bits per heavy atom. The third-order valence-electron chi connectivity index (χ3n) is 6.94. The van der Waals surface area contributed by atoms with Gasteiger partial charge in [0.15, 0.2) is 4.80 Å². The Labute approximate surface area is 227 Å².